The summed E-state index contributed by atoms with van der Waals surface area (Å²) in [6.45, 7) is 6.03. The molecule has 0 saturated carbocycles. The van der Waals surface area contributed by atoms with Crippen LogP contribution >= 0.6 is 0 Å². The van der Waals surface area contributed by atoms with E-state index >= 15 is 0 Å². The Morgan fingerprint density at radius 2 is 2.09 bits per heavy atom. The van der Waals surface area contributed by atoms with Crippen molar-refractivity contribution in [3.05, 3.63) is 65.2 Å². The number of aromatic nitrogens is 2. The number of hydrogen-bond donors (Lipinski definition) is 1. The highest BCUT2D eigenvalue weighted by Gasteiger charge is 2.40. The van der Waals surface area contributed by atoms with Crippen molar-refractivity contribution in [3.8, 4) is 11.3 Å². The molecular weight excluding hydrogens is 442 g/mol. The van der Waals surface area contributed by atoms with Gasteiger partial charge in [-0.15, -0.1) is 0 Å². The number of carbonyl (C=O) groups excluding carboxylic acids is 1. The molecule has 1 N–H and O–H groups in total. The first-order valence-corrected chi connectivity index (χ1v) is 11.3. The second-order valence-electron chi connectivity index (χ2n) is 8.56. The third-order valence-electron chi connectivity index (χ3n) is 6.17. The van der Waals surface area contributed by atoms with Crippen LogP contribution in [0.5, 0.6) is 0 Å². The van der Waals surface area contributed by atoms with E-state index in [-0.39, 0.29) is 0 Å². The van der Waals surface area contributed by atoms with Crippen molar-refractivity contribution in [3.63, 3.8) is 0 Å². The van der Waals surface area contributed by atoms with Gasteiger partial charge in [0, 0.05) is 24.7 Å². The standard InChI is InChI=1S/C25H28F2N4O3/c1-4-9-29-25(23-11-16(2)34-30-23)8-5-10-31(15-25)22-14-28-21(13-18(22)24(32)33-3)17-6-7-19(26)20(27)12-17/h6-7,11-14,29H,4-5,8-10,15H2,1-3H3. The number of esters is 1. The lowest BCUT2D eigenvalue weighted by molar-refractivity contribution is 0.0601. The number of hydrogen-bond acceptors (Lipinski definition) is 7. The molecule has 1 aromatic carbocycles. The number of nitrogens with zero attached hydrogens (tertiary/aromatic N) is 3. The van der Waals surface area contributed by atoms with Gasteiger partial charge in [-0.05, 0) is 57.0 Å². The van der Waals surface area contributed by atoms with Gasteiger partial charge in [-0.2, -0.15) is 0 Å². The number of piperidine rings is 1. The van der Waals surface area contributed by atoms with E-state index in [1.165, 1.54) is 13.2 Å². The molecule has 1 saturated heterocycles. The largest absolute Gasteiger partial charge is 0.465 e. The summed E-state index contributed by atoms with van der Waals surface area (Å²) in [6.07, 6.45) is 4.26. The Labute approximate surface area is 197 Å². The van der Waals surface area contributed by atoms with Crippen LogP contribution in [-0.2, 0) is 10.3 Å². The second-order valence-corrected chi connectivity index (χ2v) is 8.56. The number of nitrogens with one attached hydrogen (secondary N) is 1. The van der Waals surface area contributed by atoms with Crippen molar-refractivity contribution in [2.75, 3.05) is 31.6 Å². The van der Waals surface area contributed by atoms with Gasteiger partial charge in [0.15, 0.2) is 11.6 Å². The number of halogens is 2. The molecule has 1 atom stereocenters. The molecule has 3 aromatic rings. The molecule has 0 bridgehead atoms. The van der Waals surface area contributed by atoms with Crippen LogP contribution in [0.2, 0.25) is 0 Å². The number of rotatable bonds is 7. The van der Waals surface area contributed by atoms with Gasteiger partial charge < -0.3 is 19.5 Å². The van der Waals surface area contributed by atoms with E-state index < -0.39 is 23.1 Å². The Balaban J connectivity index is 1.73. The lowest BCUT2D eigenvalue weighted by atomic mass is 9.85. The molecule has 1 aliphatic heterocycles. The maximum absolute atomic E-state index is 13.8. The number of carbonyl (C=O) groups is 1. The van der Waals surface area contributed by atoms with Crippen LogP contribution in [0.3, 0.4) is 0 Å². The van der Waals surface area contributed by atoms with Crippen molar-refractivity contribution >= 4 is 11.7 Å². The first-order chi connectivity index (χ1) is 16.4. The highest BCUT2D eigenvalue weighted by atomic mass is 19.2. The molecule has 0 radical (unpaired) electrons. The molecule has 0 amide bonds. The Hall–Kier alpha value is -3.33. The fraction of sp³-hybridized carbons (Fsp3) is 0.400. The minimum absolute atomic E-state index is 0.305. The zero-order chi connectivity index (χ0) is 24.3. The number of pyridine rings is 1. The third kappa shape index (κ3) is 4.65. The average molecular weight is 471 g/mol. The maximum Gasteiger partial charge on any atom is 0.340 e. The molecular formula is C25H28F2N4O3. The number of anilines is 1. The summed E-state index contributed by atoms with van der Waals surface area (Å²) in [5.41, 5.74) is 2.02. The molecule has 180 valence electrons. The van der Waals surface area contributed by atoms with Gasteiger partial charge >= 0.3 is 5.97 Å². The molecule has 4 rings (SSSR count). The molecule has 1 aliphatic rings. The van der Waals surface area contributed by atoms with Crippen molar-refractivity contribution in [2.45, 2.75) is 38.6 Å². The van der Waals surface area contributed by atoms with Crippen LogP contribution < -0.4 is 10.2 Å². The molecule has 1 fully saturated rings. The topological polar surface area (TPSA) is 80.5 Å². The highest BCUT2D eigenvalue weighted by Crippen LogP contribution is 2.36. The number of aryl methyl sites for hydroxylation is 1. The van der Waals surface area contributed by atoms with Crippen molar-refractivity contribution in [1.29, 1.82) is 0 Å². The van der Waals surface area contributed by atoms with Gasteiger partial charge in [0.2, 0.25) is 0 Å². The maximum atomic E-state index is 13.8. The Morgan fingerprint density at radius 1 is 1.26 bits per heavy atom. The molecule has 9 heteroatoms. The molecule has 3 heterocycles. The SMILES string of the molecule is CCCNC1(c2cc(C)on2)CCCN(c2cnc(-c3ccc(F)c(F)c3)cc2C(=O)OC)C1. The summed E-state index contributed by atoms with van der Waals surface area (Å²) in [7, 11) is 1.31. The summed E-state index contributed by atoms with van der Waals surface area (Å²) < 4.78 is 37.6. The average Bonchev–Trinajstić information content (AvgIpc) is 3.30. The van der Waals surface area contributed by atoms with Crippen LogP contribution in [0.25, 0.3) is 11.3 Å². The number of benzene rings is 1. The molecule has 0 spiro atoms. The fourth-order valence-corrected chi connectivity index (χ4v) is 4.45. The highest BCUT2D eigenvalue weighted by molar-refractivity contribution is 5.97. The summed E-state index contributed by atoms with van der Waals surface area (Å²) >= 11 is 0. The predicted octanol–water partition coefficient (Wildman–Crippen LogP) is 4.61. The summed E-state index contributed by atoms with van der Waals surface area (Å²) in [4.78, 5) is 19.3. The van der Waals surface area contributed by atoms with Crippen LogP contribution in [0, 0.1) is 18.6 Å². The first kappa shape index (κ1) is 23.8. The fourth-order valence-electron chi connectivity index (χ4n) is 4.45. The van der Waals surface area contributed by atoms with E-state index in [0.717, 1.165) is 49.4 Å². The van der Waals surface area contributed by atoms with Gasteiger partial charge in [0.05, 0.1) is 35.8 Å². The lowest BCUT2D eigenvalue weighted by Gasteiger charge is -2.43. The summed E-state index contributed by atoms with van der Waals surface area (Å²) in [6, 6.07) is 7.03. The van der Waals surface area contributed by atoms with Gasteiger partial charge in [-0.25, -0.2) is 13.6 Å². The second kappa shape index (κ2) is 9.89. The van der Waals surface area contributed by atoms with Crippen molar-refractivity contribution in [1.82, 2.24) is 15.5 Å². The predicted molar refractivity (Wildman–Crippen MR) is 124 cm³/mol. The number of ether oxygens (including phenoxy) is 1. The minimum atomic E-state index is -0.978. The third-order valence-corrected chi connectivity index (χ3v) is 6.17. The minimum Gasteiger partial charge on any atom is -0.465 e. The van der Waals surface area contributed by atoms with E-state index in [1.54, 1.807) is 12.3 Å². The zero-order valence-corrected chi connectivity index (χ0v) is 19.5. The normalized spacial score (nSPS) is 18.2. The van der Waals surface area contributed by atoms with Crippen molar-refractivity contribution in [2.24, 2.45) is 0 Å². The quantitative estimate of drug-likeness (QED) is 0.505. The summed E-state index contributed by atoms with van der Waals surface area (Å²) in [5, 5.41) is 7.95. The zero-order valence-electron chi connectivity index (χ0n) is 19.5. The smallest absolute Gasteiger partial charge is 0.340 e. The van der Waals surface area contributed by atoms with E-state index in [9.17, 15) is 13.6 Å². The van der Waals surface area contributed by atoms with E-state index in [4.69, 9.17) is 9.26 Å². The van der Waals surface area contributed by atoms with Crippen LogP contribution in [-0.4, -0.2) is 42.9 Å². The molecule has 0 aliphatic carbocycles. The van der Waals surface area contributed by atoms with Crippen LogP contribution in [0.4, 0.5) is 14.5 Å². The van der Waals surface area contributed by atoms with E-state index in [1.807, 2.05) is 13.0 Å². The van der Waals surface area contributed by atoms with Gasteiger partial charge in [0.25, 0.3) is 0 Å². The monoisotopic (exact) mass is 470 g/mol. The molecule has 7 nitrogen and oxygen atoms in total. The Kier molecular flexibility index (Phi) is 6.92. The Morgan fingerprint density at radius 3 is 2.76 bits per heavy atom. The van der Waals surface area contributed by atoms with Crippen LogP contribution in [0.1, 0.15) is 48.0 Å². The van der Waals surface area contributed by atoms with Crippen molar-refractivity contribution < 1.29 is 22.8 Å². The Bertz CT molecular complexity index is 1180. The lowest BCUT2D eigenvalue weighted by Crippen LogP contribution is -2.55. The van der Waals surface area contributed by atoms with Gasteiger partial charge in [-0.3, -0.25) is 4.98 Å². The first-order valence-electron chi connectivity index (χ1n) is 11.3. The number of methoxy groups -OCH3 is 1. The van der Waals surface area contributed by atoms with Gasteiger partial charge in [0.1, 0.15) is 11.5 Å². The molecule has 2 aromatic heterocycles. The van der Waals surface area contributed by atoms with E-state index in [2.05, 4.69) is 27.3 Å². The summed E-state index contributed by atoms with van der Waals surface area (Å²) in [5.74, 6) is -1.72. The van der Waals surface area contributed by atoms with E-state index in [0.29, 0.717) is 35.6 Å². The molecule has 34 heavy (non-hydrogen) atoms. The van der Waals surface area contributed by atoms with Gasteiger partial charge in [-0.1, -0.05) is 12.1 Å². The van der Waals surface area contributed by atoms with Crippen LogP contribution in [0.15, 0.2) is 41.1 Å². The molecule has 1 unspecified atom stereocenters.